The second-order valence-electron chi connectivity index (χ2n) is 8.58. The zero-order valence-electron chi connectivity index (χ0n) is 18.5. The summed E-state index contributed by atoms with van der Waals surface area (Å²) < 4.78 is 12.8. The van der Waals surface area contributed by atoms with Crippen molar-refractivity contribution in [3.05, 3.63) is 40.6 Å². The summed E-state index contributed by atoms with van der Waals surface area (Å²) in [6.45, 7) is 10.2. The molecule has 0 spiro atoms. The van der Waals surface area contributed by atoms with E-state index in [0.29, 0.717) is 31.1 Å². The average Bonchev–Trinajstić information content (AvgIpc) is 2.96. The van der Waals surface area contributed by atoms with Crippen molar-refractivity contribution in [3.8, 4) is 5.75 Å². The second kappa shape index (κ2) is 8.38. The van der Waals surface area contributed by atoms with Crippen LogP contribution >= 0.6 is 0 Å². The minimum absolute atomic E-state index is 0.111. The van der Waals surface area contributed by atoms with Gasteiger partial charge in [-0.15, -0.1) is 0 Å². The number of rotatable bonds is 4. The molecule has 1 aromatic carbocycles. The molecular formula is C22H30N4O4. The largest absolute Gasteiger partial charge is 0.483 e. The molecule has 30 heavy (non-hydrogen) atoms. The Labute approximate surface area is 177 Å². The molecule has 2 amide bonds. The van der Waals surface area contributed by atoms with Crippen molar-refractivity contribution in [3.63, 3.8) is 0 Å². The van der Waals surface area contributed by atoms with E-state index in [1.165, 1.54) is 0 Å². The van der Waals surface area contributed by atoms with Gasteiger partial charge in [0.1, 0.15) is 17.2 Å². The van der Waals surface area contributed by atoms with Crippen molar-refractivity contribution in [1.82, 2.24) is 14.7 Å². The van der Waals surface area contributed by atoms with Gasteiger partial charge in [-0.3, -0.25) is 9.48 Å². The fraction of sp³-hybridized carbons (Fsp3) is 0.500. The summed E-state index contributed by atoms with van der Waals surface area (Å²) in [5, 5.41) is 7.39. The molecule has 8 nitrogen and oxygen atoms in total. The number of fused-ring (bicyclic) bond motifs is 1. The van der Waals surface area contributed by atoms with Crippen LogP contribution in [0.1, 0.15) is 43.2 Å². The maximum absolute atomic E-state index is 12.5. The van der Waals surface area contributed by atoms with Gasteiger partial charge in [0.25, 0.3) is 5.91 Å². The molecular weight excluding hydrogens is 384 g/mol. The first-order chi connectivity index (χ1) is 14.0. The van der Waals surface area contributed by atoms with Gasteiger partial charge in [-0.05, 0) is 51.8 Å². The van der Waals surface area contributed by atoms with Gasteiger partial charge < -0.3 is 19.7 Å². The van der Waals surface area contributed by atoms with Crippen molar-refractivity contribution in [2.24, 2.45) is 7.05 Å². The van der Waals surface area contributed by atoms with Crippen LogP contribution in [0.5, 0.6) is 5.75 Å². The number of anilines is 1. The highest BCUT2D eigenvalue weighted by Gasteiger charge is 2.30. The summed E-state index contributed by atoms with van der Waals surface area (Å²) >= 11 is 0. The minimum atomic E-state index is -0.561. The number of hydrogen-bond acceptors (Lipinski definition) is 5. The third-order valence-electron chi connectivity index (χ3n) is 5.02. The van der Waals surface area contributed by atoms with Crippen molar-refractivity contribution in [2.45, 2.75) is 53.2 Å². The van der Waals surface area contributed by atoms with E-state index in [4.69, 9.17) is 9.47 Å². The Balaban J connectivity index is 1.68. The molecule has 0 bridgehead atoms. The minimum Gasteiger partial charge on any atom is -0.483 e. The van der Waals surface area contributed by atoms with E-state index in [2.05, 4.69) is 10.4 Å². The second-order valence-corrected chi connectivity index (χ2v) is 8.58. The number of carbonyl (C=O) groups excluding carboxylic acids is 2. The van der Waals surface area contributed by atoms with Gasteiger partial charge in [-0.2, -0.15) is 5.10 Å². The zero-order chi connectivity index (χ0) is 22.1. The summed E-state index contributed by atoms with van der Waals surface area (Å²) in [5.41, 5.74) is 3.26. The summed E-state index contributed by atoms with van der Waals surface area (Å²) in [5.74, 6) is 0.984. The number of hydrogen-bond donors (Lipinski definition) is 1. The summed E-state index contributed by atoms with van der Waals surface area (Å²) in [6.07, 6.45) is 0.240. The predicted molar refractivity (Wildman–Crippen MR) is 114 cm³/mol. The molecule has 162 valence electrons. The SMILES string of the molecule is Cc1cccc(OCC(=O)Nc2c3c(nn2C)CCN(C(=O)OC(C)(C)C)C3)c1C. The lowest BCUT2D eigenvalue weighted by molar-refractivity contribution is -0.118. The third kappa shape index (κ3) is 4.93. The van der Waals surface area contributed by atoms with E-state index in [1.807, 2.05) is 52.8 Å². The molecule has 0 saturated carbocycles. The van der Waals surface area contributed by atoms with Crippen LogP contribution in [0.25, 0.3) is 0 Å². The summed E-state index contributed by atoms with van der Waals surface area (Å²) in [7, 11) is 1.78. The van der Waals surface area contributed by atoms with Gasteiger partial charge in [0, 0.05) is 25.6 Å². The van der Waals surface area contributed by atoms with Crippen molar-refractivity contribution in [1.29, 1.82) is 0 Å². The molecule has 1 N–H and O–H groups in total. The number of benzene rings is 1. The zero-order valence-corrected chi connectivity index (χ0v) is 18.5. The highest BCUT2D eigenvalue weighted by atomic mass is 16.6. The fourth-order valence-electron chi connectivity index (χ4n) is 3.33. The van der Waals surface area contributed by atoms with Gasteiger partial charge in [0.2, 0.25) is 0 Å². The number of carbonyl (C=O) groups is 2. The molecule has 3 rings (SSSR count). The van der Waals surface area contributed by atoms with Gasteiger partial charge >= 0.3 is 6.09 Å². The number of amides is 2. The number of ether oxygens (including phenoxy) is 2. The van der Waals surface area contributed by atoms with E-state index in [-0.39, 0.29) is 18.6 Å². The van der Waals surface area contributed by atoms with E-state index < -0.39 is 5.60 Å². The molecule has 1 aliphatic heterocycles. The Bertz CT molecular complexity index is 959. The van der Waals surface area contributed by atoms with Gasteiger partial charge in [-0.25, -0.2) is 4.79 Å². The van der Waals surface area contributed by atoms with E-state index >= 15 is 0 Å². The Morgan fingerprint density at radius 1 is 1.23 bits per heavy atom. The Kier molecular flexibility index (Phi) is 6.05. The molecule has 1 aromatic heterocycles. The topological polar surface area (TPSA) is 85.7 Å². The average molecular weight is 415 g/mol. The molecule has 2 aromatic rings. The highest BCUT2D eigenvalue weighted by Crippen LogP contribution is 2.27. The summed E-state index contributed by atoms with van der Waals surface area (Å²) in [6, 6.07) is 5.75. The lowest BCUT2D eigenvalue weighted by Crippen LogP contribution is -2.40. The molecule has 2 heterocycles. The highest BCUT2D eigenvalue weighted by molar-refractivity contribution is 5.92. The normalized spacial score (nSPS) is 13.6. The number of aryl methyl sites for hydroxylation is 2. The third-order valence-corrected chi connectivity index (χ3v) is 5.02. The molecule has 0 fully saturated rings. The lowest BCUT2D eigenvalue weighted by Gasteiger charge is -2.29. The van der Waals surface area contributed by atoms with Crippen LogP contribution in [0.3, 0.4) is 0 Å². The van der Waals surface area contributed by atoms with Crippen LogP contribution in [0.2, 0.25) is 0 Å². The van der Waals surface area contributed by atoms with Gasteiger partial charge in [0.15, 0.2) is 6.61 Å². The number of nitrogens with zero attached hydrogens (tertiary/aromatic N) is 3. The van der Waals surface area contributed by atoms with Crippen molar-refractivity contribution >= 4 is 17.8 Å². The molecule has 0 unspecified atom stereocenters. The molecule has 1 aliphatic rings. The Morgan fingerprint density at radius 3 is 2.67 bits per heavy atom. The molecule has 0 aliphatic carbocycles. The smallest absolute Gasteiger partial charge is 0.410 e. The van der Waals surface area contributed by atoms with Crippen LogP contribution in [0.15, 0.2) is 18.2 Å². The molecule has 0 atom stereocenters. The van der Waals surface area contributed by atoms with Crippen LogP contribution in [0, 0.1) is 13.8 Å². The summed E-state index contributed by atoms with van der Waals surface area (Å²) in [4.78, 5) is 26.6. The predicted octanol–water partition coefficient (Wildman–Crippen LogP) is 3.35. The number of nitrogens with one attached hydrogen (secondary N) is 1. The monoisotopic (exact) mass is 414 g/mol. The van der Waals surface area contributed by atoms with E-state index in [1.54, 1.807) is 16.6 Å². The first-order valence-electron chi connectivity index (χ1n) is 10.1. The maximum Gasteiger partial charge on any atom is 0.410 e. The number of aromatic nitrogens is 2. The maximum atomic E-state index is 12.5. The molecule has 0 saturated heterocycles. The fourth-order valence-corrected chi connectivity index (χ4v) is 3.33. The van der Waals surface area contributed by atoms with E-state index in [9.17, 15) is 9.59 Å². The van der Waals surface area contributed by atoms with Crippen LogP contribution in [-0.2, 0) is 29.5 Å². The van der Waals surface area contributed by atoms with Gasteiger partial charge in [0.05, 0.1) is 12.2 Å². The molecule has 8 heteroatoms. The van der Waals surface area contributed by atoms with Crippen molar-refractivity contribution < 1.29 is 19.1 Å². The standard InChI is InChI=1S/C22H30N4O4/c1-14-8-7-9-18(15(14)2)29-13-19(27)23-20-16-12-26(21(28)30-22(3,4)5)11-10-17(16)24-25(20)6/h7-9H,10-13H2,1-6H3,(H,23,27). The Hall–Kier alpha value is -3.03. The van der Waals surface area contributed by atoms with E-state index in [0.717, 1.165) is 22.4 Å². The first kappa shape index (κ1) is 21.7. The van der Waals surface area contributed by atoms with Crippen LogP contribution in [0.4, 0.5) is 10.6 Å². The quantitative estimate of drug-likeness (QED) is 0.829. The first-order valence-corrected chi connectivity index (χ1v) is 10.1. The van der Waals surface area contributed by atoms with Crippen LogP contribution < -0.4 is 10.1 Å². The van der Waals surface area contributed by atoms with Crippen LogP contribution in [-0.4, -0.2) is 45.4 Å². The lowest BCUT2D eigenvalue weighted by atomic mass is 10.1. The van der Waals surface area contributed by atoms with Crippen molar-refractivity contribution in [2.75, 3.05) is 18.5 Å². The van der Waals surface area contributed by atoms with Gasteiger partial charge in [-0.1, -0.05) is 12.1 Å². The molecule has 0 radical (unpaired) electrons. The Morgan fingerprint density at radius 2 is 1.97 bits per heavy atom.